The van der Waals surface area contributed by atoms with Gasteiger partial charge in [-0.1, -0.05) is 20.8 Å². The van der Waals surface area contributed by atoms with Crippen molar-refractivity contribution < 1.29 is 9.59 Å². The lowest BCUT2D eigenvalue weighted by Gasteiger charge is -2.60. The lowest BCUT2D eigenvalue weighted by molar-refractivity contribution is -0.141. The molecule has 0 heterocycles. The molecule has 0 aromatic heterocycles. The Labute approximate surface area is 183 Å². The number of carbonyl (C=O) groups excluding carboxylic acids is 2. The van der Waals surface area contributed by atoms with Crippen LogP contribution in [0.25, 0.3) is 0 Å². The Kier molecular flexibility index (Phi) is 5.68. The van der Waals surface area contributed by atoms with Crippen molar-refractivity contribution in [1.29, 1.82) is 5.41 Å². The van der Waals surface area contributed by atoms with Crippen LogP contribution in [0.3, 0.4) is 0 Å². The molecule has 30 heavy (non-hydrogen) atoms. The smallest absolute Gasteiger partial charge is 0.225 e. The molecule has 0 aromatic carbocycles. The standard InChI is InChI=1S/C26H42N2O2/c1-6-28(7-2)24(30)16(3)18-10-11-19-17-8-9-21-23(27)22(29)13-15-26(21,5)20(17)12-14-25(18,19)4/h16-21,27H,6-15H2,1-5H3/t16?,17-,18+,19-,20-,21?,25+,26+/m0/s1. The normalized spacial score (nSPS) is 44.1. The van der Waals surface area contributed by atoms with Crippen LogP contribution in [-0.2, 0) is 9.59 Å². The molecule has 2 unspecified atom stereocenters. The molecule has 4 fully saturated rings. The van der Waals surface area contributed by atoms with E-state index in [0.717, 1.165) is 25.9 Å². The van der Waals surface area contributed by atoms with Crippen molar-refractivity contribution in [2.75, 3.05) is 13.1 Å². The van der Waals surface area contributed by atoms with Gasteiger partial charge in [0.25, 0.3) is 0 Å². The summed E-state index contributed by atoms with van der Waals surface area (Å²) < 4.78 is 0. The maximum absolute atomic E-state index is 13.2. The Morgan fingerprint density at radius 3 is 2.37 bits per heavy atom. The lowest BCUT2D eigenvalue weighted by Crippen LogP contribution is -2.56. The molecule has 4 aliphatic carbocycles. The number of hydrogen-bond donors (Lipinski definition) is 1. The monoisotopic (exact) mass is 414 g/mol. The van der Waals surface area contributed by atoms with Gasteiger partial charge >= 0.3 is 0 Å². The topological polar surface area (TPSA) is 61.2 Å². The van der Waals surface area contributed by atoms with Crippen molar-refractivity contribution in [3.05, 3.63) is 0 Å². The Morgan fingerprint density at radius 1 is 1.03 bits per heavy atom. The van der Waals surface area contributed by atoms with Crippen molar-refractivity contribution in [3.63, 3.8) is 0 Å². The molecule has 4 rings (SSSR count). The fourth-order valence-electron chi connectivity index (χ4n) is 8.86. The third-order valence-electron chi connectivity index (χ3n) is 10.6. The molecular formula is C26H42N2O2. The minimum Gasteiger partial charge on any atom is -0.343 e. The molecule has 0 aromatic rings. The molecule has 8 atom stereocenters. The van der Waals surface area contributed by atoms with Crippen molar-refractivity contribution in [2.24, 2.45) is 46.3 Å². The third-order valence-corrected chi connectivity index (χ3v) is 10.6. The van der Waals surface area contributed by atoms with Crippen LogP contribution in [0.15, 0.2) is 0 Å². The number of fused-ring (bicyclic) bond motifs is 5. The fraction of sp³-hybridized carbons (Fsp3) is 0.885. The van der Waals surface area contributed by atoms with E-state index in [4.69, 9.17) is 5.41 Å². The van der Waals surface area contributed by atoms with Gasteiger partial charge in [0.2, 0.25) is 5.91 Å². The predicted octanol–water partition coefficient (Wildman–Crippen LogP) is 5.35. The van der Waals surface area contributed by atoms with Gasteiger partial charge in [-0.25, -0.2) is 0 Å². The number of hydrogen-bond acceptors (Lipinski definition) is 3. The molecule has 1 amide bonds. The number of Topliss-reactive ketones (excluding diaryl/α,β-unsaturated/α-hetero) is 1. The summed E-state index contributed by atoms with van der Waals surface area (Å²) in [5, 5.41) is 8.46. The summed E-state index contributed by atoms with van der Waals surface area (Å²) in [6.45, 7) is 12.9. The molecule has 0 saturated heterocycles. The molecule has 168 valence electrons. The Bertz CT molecular complexity index is 729. The number of rotatable bonds is 4. The number of nitrogens with one attached hydrogen (secondary N) is 1. The second kappa shape index (κ2) is 7.74. The molecule has 4 aliphatic rings. The average Bonchev–Trinajstić information content (AvgIpc) is 3.08. The Hall–Kier alpha value is -1.19. The van der Waals surface area contributed by atoms with Gasteiger partial charge in [0.05, 0.1) is 5.71 Å². The lowest BCUT2D eigenvalue weighted by atomic mass is 9.44. The van der Waals surface area contributed by atoms with Gasteiger partial charge in [-0.15, -0.1) is 0 Å². The first-order chi connectivity index (χ1) is 14.2. The summed E-state index contributed by atoms with van der Waals surface area (Å²) in [5.41, 5.74) is 0.832. The van der Waals surface area contributed by atoms with Gasteiger partial charge in [-0.3, -0.25) is 9.59 Å². The predicted molar refractivity (Wildman–Crippen MR) is 120 cm³/mol. The van der Waals surface area contributed by atoms with Crippen LogP contribution < -0.4 is 0 Å². The quantitative estimate of drug-likeness (QED) is 0.674. The molecule has 4 nitrogen and oxygen atoms in total. The van der Waals surface area contributed by atoms with E-state index in [-0.39, 0.29) is 28.4 Å². The molecule has 0 radical (unpaired) electrons. The first-order valence-corrected chi connectivity index (χ1v) is 12.6. The second-order valence-corrected chi connectivity index (χ2v) is 11.4. The van der Waals surface area contributed by atoms with Gasteiger partial charge in [-0.2, -0.15) is 0 Å². The molecule has 4 saturated carbocycles. The SMILES string of the molecule is CCN(CC)C(=O)C(C)[C@H]1CC[C@H]2[C@@H]3CCC4C(=N)C(=O)CC[C@]4(C)[C@H]3CC[C@]12C. The zero-order chi connectivity index (χ0) is 21.8. The van der Waals surface area contributed by atoms with Crippen molar-refractivity contribution >= 4 is 17.4 Å². The maximum atomic E-state index is 13.2. The van der Waals surface area contributed by atoms with Crippen LogP contribution in [0.4, 0.5) is 0 Å². The highest BCUT2D eigenvalue weighted by molar-refractivity contribution is 6.40. The van der Waals surface area contributed by atoms with E-state index in [0.29, 0.717) is 41.7 Å². The highest BCUT2D eigenvalue weighted by Gasteiger charge is 2.62. The first kappa shape index (κ1) is 22.0. The number of carbonyl (C=O) groups is 2. The van der Waals surface area contributed by atoms with Gasteiger partial charge < -0.3 is 10.3 Å². The van der Waals surface area contributed by atoms with E-state index < -0.39 is 0 Å². The second-order valence-electron chi connectivity index (χ2n) is 11.4. The Morgan fingerprint density at radius 2 is 1.70 bits per heavy atom. The van der Waals surface area contributed by atoms with Crippen molar-refractivity contribution in [1.82, 2.24) is 4.90 Å². The summed E-state index contributed by atoms with van der Waals surface area (Å²) in [6.07, 6.45) is 8.62. The first-order valence-electron chi connectivity index (χ1n) is 12.6. The van der Waals surface area contributed by atoms with Gasteiger partial charge in [0.1, 0.15) is 0 Å². The van der Waals surface area contributed by atoms with Crippen molar-refractivity contribution in [3.8, 4) is 0 Å². The summed E-state index contributed by atoms with van der Waals surface area (Å²) in [4.78, 5) is 27.4. The van der Waals surface area contributed by atoms with E-state index in [2.05, 4.69) is 34.6 Å². The maximum Gasteiger partial charge on any atom is 0.225 e. The summed E-state index contributed by atoms with van der Waals surface area (Å²) in [5.74, 6) is 3.31. The average molecular weight is 415 g/mol. The molecule has 0 spiro atoms. The molecule has 4 heteroatoms. The van der Waals surface area contributed by atoms with Crippen molar-refractivity contribution in [2.45, 2.75) is 86.0 Å². The summed E-state index contributed by atoms with van der Waals surface area (Å²) >= 11 is 0. The highest BCUT2D eigenvalue weighted by atomic mass is 16.2. The van der Waals surface area contributed by atoms with Crippen LogP contribution in [0.2, 0.25) is 0 Å². The van der Waals surface area contributed by atoms with Gasteiger partial charge in [0, 0.05) is 31.3 Å². The zero-order valence-corrected chi connectivity index (χ0v) is 19.8. The number of amides is 1. The zero-order valence-electron chi connectivity index (χ0n) is 19.8. The van der Waals surface area contributed by atoms with E-state index >= 15 is 0 Å². The van der Waals surface area contributed by atoms with Gasteiger partial charge in [-0.05, 0) is 93.3 Å². The number of nitrogens with zero attached hydrogens (tertiary/aromatic N) is 1. The Balaban J connectivity index is 1.56. The molecule has 1 N–H and O–H groups in total. The van der Waals surface area contributed by atoms with E-state index in [9.17, 15) is 9.59 Å². The van der Waals surface area contributed by atoms with Crippen LogP contribution in [0, 0.1) is 51.7 Å². The summed E-state index contributed by atoms with van der Waals surface area (Å²) in [6, 6.07) is 0. The van der Waals surface area contributed by atoms with E-state index in [1.54, 1.807) is 0 Å². The van der Waals surface area contributed by atoms with E-state index in [1.165, 1.54) is 32.1 Å². The van der Waals surface area contributed by atoms with Crippen LogP contribution in [-0.4, -0.2) is 35.4 Å². The largest absolute Gasteiger partial charge is 0.343 e. The minimum absolute atomic E-state index is 0.0984. The molecular weight excluding hydrogens is 372 g/mol. The minimum atomic E-state index is 0.0984. The highest BCUT2D eigenvalue weighted by Crippen LogP contribution is 2.67. The fourth-order valence-corrected chi connectivity index (χ4v) is 8.86. The van der Waals surface area contributed by atoms with E-state index in [1.807, 2.05) is 4.90 Å². The summed E-state index contributed by atoms with van der Waals surface area (Å²) in [7, 11) is 0. The number of ketones is 1. The van der Waals surface area contributed by atoms with Gasteiger partial charge in [0.15, 0.2) is 5.78 Å². The third kappa shape index (κ3) is 3.03. The molecule has 0 aliphatic heterocycles. The van der Waals surface area contributed by atoms with Crippen LogP contribution >= 0.6 is 0 Å². The van der Waals surface area contributed by atoms with Crippen LogP contribution in [0.5, 0.6) is 0 Å². The van der Waals surface area contributed by atoms with Crippen LogP contribution in [0.1, 0.15) is 86.0 Å². The molecule has 0 bridgehead atoms.